The van der Waals surface area contributed by atoms with Crippen LogP contribution in [0.4, 0.5) is 5.69 Å². The van der Waals surface area contributed by atoms with E-state index in [4.69, 9.17) is 12.2 Å². The van der Waals surface area contributed by atoms with E-state index in [9.17, 15) is 9.59 Å². The summed E-state index contributed by atoms with van der Waals surface area (Å²) in [5.41, 5.74) is 4.45. The molecule has 1 aromatic heterocycles. The molecule has 5 nitrogen and oxygen atoms in total. The van der Waals surface area contributed by atoms with Crippen molar-refractivity contribution in [1.82, 2.24) is 9.88 Å². The minimum Gasteiger partial charge on any atom is -0.352 e. The molecule has 0 atom stereocenters. The van der Waals surface area contributed by atoms with Gasteiger partial charge in [0, 0.05) is 22.9 Å². The number of amides is 2. The van der Waals surface area contributed by atoms with Crippen LogP contribution < -0.4 is 10.2 Å². The average molecular weight is 432 g/mol. The Labute approximate surface area is 165 Å². The summed E-state index contributed by atoms with van der Waals surface area (Å²) in [6.45, 7) is 5.82. The molecule has 0 saturated carbocycles. The average Bonchev–Trinajstić information content (AvgIpc) is 2.80. The van der Waals surface area contributed by atoms with E-state index in [2.05, 4.69) is 21.2 Å². The highest BCUT2D eigenvalue weighted by atomic mass is 79.9. The Hall–Kier alpha value is -2.25. The smallest absolute Gasteiger partial charge is 0.270 e. The minimum absolute atomic E-state index is 0.0645. The lowest BCUT2D eigenvalue weighted by Gasteiger charge is -2.30. The third-order valence-electron chi connectivity index (χ3n) is 4.62. The number of aryl methyl sites for hydroxylation is 2. The van der Waals surface area contributed by atoms with Gasteiger partial charge >= 0.3 is 0 Å². The fourth-order valence-corrected chi connectivity index (χ4v) is 3.68. The van der Waals surface area contributed by atoms with Crippen LogP contribution in [0.1, 0.15) is 22.5 Å². The molecule has 0 radical (unpaired) electrons. The molecule has 3 rings (SSSR count). The van der Waals surface area contributed by atoms with Crippen LogP contribution in [0, 0.1) is 20.8 Å². The second-order valence-corrected chi connectivity index (χ2v) is 7.58. The number of carbonyl (C=O) groups is 2. The van der Waals surface area contributed by atoms with Gasteiger partial charge in [0.15, 0.2) is 5.11 Å². The molecule has 0 aliphatic carbocycles. The van der Waals surface area contributed by atoms with Crippen molar-refractivity contribution in [3.05, 3.63) is 56.8 Å². The number of anilines is 1. The van der Waals surface area contributed by atoms with Crippen molar-refractivity contribution in [1.29, 1.82) is 0 Å². The van der Waals surface area contributed by atoms with Crippen LogP contribution in [-0.2, 0) is 16.6 Å². The van der Waals surface area contributed by atoms with Crippen LogP contribution in [0.25, 0.3) is 6.08 Å². The molecule has 1 aromatic carbocycles. The van der Waals surface area contributed by atoms with E-state index in [-0.39, 0.29) is 10.7 Å². The molecular weight excluding hydrogens is 414 g/mol. The van der Waals surface area contributed by atoms with Crippen molar-refractivity contribution in [2.75, 3.05) is 4.90 Å². The van der Waals surface area contributed by atoms with E-state index < -0.39 is 11.8 Å². The minimum atomic E-state index is -0.480. The highest BCUT2D eigenvalue weighted by Gasteiger charge is 2.35. The lowest BCUT2D eigenvalue weighted by Crippen LogP contribution is -2.54. The van der Waals surface area contributed by atoms with E-state index in [1.165, 1.54) is 4.90 Å². The Morgan fingerprint density at radius 2 is 1.85 bits per heavy atom. The number of nitrogens with one attached hydrogen (secondary N) is 1. The first-order valence-corrected chi connectivity index (χ1v) is 9.21. The molecule has 7 heteroatoms. The van der Waals surface area contributed by atoms with Crippen LogP contribution in [0.15, 0.2) is 34.3 Å². The highest BCUT2D eigenvalue weighted by Crippen LogP contribution is 2.28. The third kappa shape index (κ3) is 3.12. The predicted molar refractivity (Wildman–Crippen MR) is 110 cm³/mol. The topological polar surface area (TPSA) is 54.3 Å². The van der Waals surface area contributed by atoms with Crippen LogP contribution in [0.2, 0.25) is 0 Å². The zero-order valence-corrected chi connectivity index (χ0v) is 17.3. The fourth-order valence-electron chi connectivity index (χ4n) is 2.93. The summed E-state index contributed by atoms with van der Waals surface area (Å²) in [6.07, 6.45) is 1.63. The summed E-state index contributed by atoms with van der Waals surface area (Å²) in [5.74, 6) is -0.906. The fraction of sp³-hybridized carbons (Fsp3) is 0.211. The number of rotatable bonds is 2. The number of benzene rings is 1. The zero-order valence-electron chi connectivity index (χ0n) is 14.9. The molecule has 134 valence electrons. The molecule has 2 aromatic rings. The summed E-state index contributed by atoms with van der Waals surface area (Å²) < 4.78 is 2.92. The molecule has 1 N–H and O–H groups in total. The van der Waals surface area contributed by atoms with Gasteiger partial charge in [-0.1, -0.05) is 15.9 Å². The second-order valence-electron chi connectivity index (χ2n) is 6.27. The molecule has 0 bridgehead atoms. The first-order chi connectivity index (χ1) is 12.2. The maximum Gasteiger partial charge on any atom is 0.270 e. The zero-order chi connectivity index (χ0) is 19.2. The lowest BCUT2D eigenvalue weighted by atomic mass is 10.1. The predicted octanol–water partition coefficient (Wildman–Crippen LogP) is 3.54. The number of thiocarbonyl (C=S) groups is 1. The van der Waals surface area contributed by atoms with Gasteiger partial charge in [0.25, 0.3) is 11.8 Å². The van der Waals surface area contributed by atoms with E-state index in [0.29, 0.717) is 5.69 Å². The van der Waals surface area contributed by atoms with Gasteiger partial charge in [0.05, 0.1) is 5.69 Å². The van der Waals surface area contributed by atoms with Crippen LogP contribution in [0.3, 0.4) is 0 Å². The molecule has 1 saturated heterocycles. The molecule has 0 unspecified atom stereocenters. The Morgan fingerprint density at radius 1 is 1.15 bits per heavy atom. The molecule has 1 aliphatic rings. The van der Waals surface area contributed by atoms with Gasteiger partial charge in [-0.05, 0) is 74.5 Å². The summed E-state index contributed by atoms with van der Waals surface area (Å²) >= 11 is 8.67. The maximum atomic E-state index is 13.1. The number of hydrogen-bond donors (Lipinski definition) is 1. The number of halogens is 1. The summed E-state index contributed by atoms with van der Waals surface area (Å²) in [6, 6.07) is 7.49. The second kappa shape index (κ2) is 6.81. The van der Waals surface area contributed by atoms with Crippen molar-refractivity contribution in [3.63, 3.8) is 0 Å². The lowest BCUT2D eigenvalue weighted by molar-refractivity contribution is -0.122. The van der Waals surface area contributed by atoms with E-state index >= 15 is 0 Å². The van der Waals surface area contributed by atoms with Crippen molar-refractivity contribution in [2.45, 2.75) is 20.8 Å². The number of aromatic nitrogens is 1. The first kappa shape index (κ1) is 18.5. The Kier molecular flexibility index (Phi) is 4.86. The largest absolute Gasteiger partial charge is 0.352 e. The summed E-state index contributed by atoms with van der Waals surface area (Å²) in [7, 11) is 1.95. The number of carbonyl (C=O) groups excluding carboxylic acids is 2. The SMILES string of the molecule is Cc1cc(Br)ccc1N1C(=O)C(=Cc2cc(C)n(C)c2C)C(=O)NC1=S. The number of hydrogen-bond acceptors (Lipinski definition) is 3. The molecule has 26 heavy (non-hydrogen) atoms. The van der Waals surface area contributed by atoms with E-state index in [1.54, 1.807) is 12.1 Å². The van der Waals surface area contributed by atoms with E-state index in [1.807, 2.05) is 50.6 Å². The van der Waals surface area contributed by atoms with Gasteiger partial charge in [-0.15, -0.1) is 0 Å². The van der Waals surface area contributed by atoms with Gasteiger partial charge in [-0.2, -0.15) is 0 Å². The van der Waals surface area contributed by atoms with Crippen molar-refractivity contribution in [2.24, 2.45) is 7.05 Å². The quantitative estimate of drug-likeness (QED) is 0.449. The Morgan fingerprint density at radius 3 is 2.42 bits per heavy atom. The van der Waals surface area contributed by atoms with Gasteiger partial charge in [-0.25, -0.2) is 0 Å². The van der Waals surface area contributed by atoms with Crippen LogP contribution >= 0.6 is 28.1 Å². The Balaban J connectivity index is 2.08. The normalized spacial score (nSPS) is 16.4. The molecule has 1 fully saturated rings. The number of nitrogens with zero attached hydrogens (tertiary/aromatic N) is 2. The highest BCUT2D eigenvalue weighted by molar-refractivity contribution is 9.10. The van der Waals surface area contributed by atoms with Crippen LogP contribution in [0.5, 0.6) is 0 Å². The molecule has 1 aliphatic heterocycles. The van der Waals surface area contributed by atoms with Gasteiger partial charge < -0.3 is 4.57 Å². The molecule has 2 heterocycles. The van der Waals surface area contributed by atoms with Crippen molar-refractivity contribution >= 4 is 56.8 Å². The van der Waals surface area contributed by atoms with Gasteiger partial charge in [0.1, 0.15) is 5.57 Å². The standard InChI is InChI=1S/C19H18BrN3O2S/c1-10-7-14(20)5-6-16(10)23-18(25)15(17(24)21-19(23)26)9-13-8-11(2)22(4)12(13)3/h5-9H,1-4H3,(H,21,24,26). The Bertz CT molecular complexity index is 991. The van der Waals surface area contributed by atoms with Gasteiger partial charge in [0.2, 0.25) is 0 Å². The monoisotopic (exact) mass is 431 g/mol. The van der Waals surface area contributed by atoms with E-state index in [0.717, 1.165) is 27.0 Å². The summed E-state index contributed by atoms with van der Waals surface area (Å²) in [5, 5.41) is 2.71. The third-order valence-corrected chi connectivity index (χ3v) is 5.39. The van der Waals surface area contributed by atoms with Gasteiger partial charge in [-0.3, -0.25) is 19.8 Å². The van der Waals surface area contributed by atoms with Crippen molar-refractivity contribution < 1.29 is 9.59 Å². The summed E-state index contributed by atoms with van der Waals surface area (Å²) in [4.78, 5) is 26.9. The first-order valence-electron chi connectivity index (χ1n) is 8.01. The molecular formula is C19H18BrN3O2S. The van der Waals surface area contributed by atoms with Crippen molar-refractivity contribution in [3.8, 4) is 0 Å². The maximum absolute atomic E-state index is 13.1. The molecule has 0 spiro atoms. The van der Waals surface area contributed by atoms with Crippen LogP contribution in [-0.4, -0.2) is 21.5 Å². The molecule has 2 amide bonds.